The summed E-state index contributed by atoms with van der Waals surface area (Å²) in [6.45, 7) is 1.78. The Morgan fingerprint density at radius 2 is 1.94 bits per heavy atom. The Morgan fingerprint density at radius 3 is 2.59 bits per heavy atom. The number of benzene rings is 1. The number of fused-ring (bicyclic) bond motifs is 1. The molecule has 1 aromatic heterocycles. The highest BCUT2D eigenvalue weighted by atomic mass is 32.2. The first-order valence-corrected chi connectivity index (χ1v) is 12.5. The molecule has 0 amide bonds. The molecule has 1 aromatic carbocycles. The lowest BCUT2D eigenvalue weighted by molar-refractivity contribution is -0.0492. The number of nitrogens with one attached hydrogen (secondary N) is 1. The van der Waals surface area contributed by atoms with Gasteiger partial charge in [-0.05, 0) is 37.3 Å². The maximum absolute atomic E-state index is 13.5. The molecule has 1 N–H and O–H groups in total. The summed E-state index contributed by atoms with van der Waals surface area (Å²) < 4.78 is 66.1. The molecule has 0 saturated heterocycles. The van der Waals surface area contributed by atoms with E-state index in [9.17, 15) is 21.6 Å². The van der Waals surface area contributed by atoms with Gasteiger partial charge in [0.25, 0.3) is 0 Å². The SMILES string of the molecule is Cc1ccc2c(c1)CN(S(=O)(=O)C(F)(F)F)CC(CCC1CCCC1)N2Cc1cnc[nH]1. The molecule has 10 heteroatoms. The molecule has 4 rings (SSSR count). The van der Waals surface area contributed by atoms with Crippen LogP contribution in [-0.2, 0) is 23.1 Å². The van der Waals surface area contributed by atoms with Crippen LogP contribution in [0.25, 0.3) is 0 Å². The van der Waals surface area contributed by atoms with Crippen molar-refractivity contribution in [1.29, 1.82) is 0 Å². The van der Waals surface area contributed by atoms with Crippen LogP contribution in [0.2, 0.25) is 0 Å². The van der Waals surface area contributed by atoms with E-state index in [1.165, 1.54) is 12.8 Å². The molecule has 2 aromatic rings. The maximum Gasteiger partial charge on any atom is 0.511 e. The Bertz CT molecular complexity index is 1020. The first kappa shape index (κ1) is 23.1. The van der Waals surface area contributed by atoms with Crippen molar-refractivity contribution in [2.45, 2.75) is 70.1 Å². The second-order valence-corrected chi connectivity index (χ2v) is 10.9. The number of sulfonamides is 1. The Kier molecular flexibility index (Phi) is 6.53. The smallest absolute Gasteiger partial charge is 0.361 e. The molecular weight excluding hydrogens is 441 g/mol. The van der Waals surface area contributed by atoms with E-state index in [0.29, 0.717) is 28.8 Å². The largest absolute Gasteiger partial charge is 0.511 e. The molecule has 6 nitrogen and oxygen atoms in total. The van der Waals surface area contributed by atoms with Crippen LogP contribution in [0.1, 0.15) is 55.3 Å². The Balaban J connectivity index is 1.73. The van der Waals surface area contributed by atoms with Crippen LogP contribution >= 0.6 is 0 Å². The summed E-state index contributed by atoms with van der Waals surface area (Å²) in [5.41, 5.74) is -2.26. The van der Waals surface area contributed by atoms with E-state index in [2.05, 4.69) is 14.9 Å². The monoisotopic (exact) mass is 470 g/mol. The molecule has 1 atom stereocenters. The van der Waals surface area contributed by atoms with Gasteiger partial charge < -0.3 is 9.88 Å². The Labute approximate surface area is 186 Å². The quantitative estimate of drug-likeness (QED) is 0.663. The van der Waals surface area contributed by atoms with Gasteiger partial charge in [0.15, 0.2) is 0 Å². The first-order valence-electron chi connectivity index (χ1n) is 11.0. The van der Waals surface area contributed by atoms with E-state index in [1.54, 1.807) is 18.6 Å². The fourth-order valence-corrected chi connectivity index (χ4v) is 5.95. The molecule has 2 heterocycles. The van der Waals surface area contributed by atoms with E-state index >= 15 is 0 Å². The van der Waals surface area contributed by atoms with Gasteiger partial charge in [0, 0.05) is 31.0 Å². The molecule has 0 radical (unpaired) electrons. The van der Waals surface area contributed by atoms with Crippen LogP contribution in [0.5, 0.6) is 0 Å². The predicted octanol–water partition coefficient (Wildman–Crippen LogP) is 4.73. The van der Waals surface area contributed by atoms with E-state index in [1.807, 2.05) is 19.1 Å². The van der Waals surface area contributed by atoms with Gasteiger partial charge >= 0.3 is 15.5 Å². The number of aromatic nitrogens is 2. The predicted molar refractivity (Wildman–Crippen MR) is 116 cm³/mol. The third-order valence-corrected chi connectivity index (χ3v) is 8.20. The summed E-state index contributed by atoms with van der Waals surface area (Å²) in [4.78, 5) is 9.19. The zero-order valence-corrected chi connectivity index (χ0v) is 18.9. The molecule has 1 saturated carbocycles. The van der Waals surface area contributed by atoms with E-state index in [-0.39, 0.29) is 19.1 Å². The minimum Gasteiger partial charge on any atom is -0.361 e. The number of alkyl halides is 3. The van der Waals surface area contributed by atoms with Gasteiger partial charge in [-0.25, -0.2) is 13.4 Å². The van der Waals surface area contributed by atoms with Crippen LogP contribution in [0.4, 0.5) is 18.9 Å². The Hall–Kier alpha value is -2.07. The second-order valence-electron chi connectivity index (χ2n) is 8.96. The van der Waals surface area contributed by atoms with Crippen LogP contribution in [0.3, 0.4) is 0 Å². The lowest BCUT2D eigenvalue weighted by atomic mass is 9.97. The number of H-pyrrole nitrogens is 1. The average Bonchev–Trinajstić information content (AvgIpc) is 3.40. The molecule has 0 bridgehead atoms. The molecule has 1 aliphatic heterocycles. The van der Waals surface area contributed by atoms with Crippen molar-refractivity contribution >= 4 is 15.7 Å². The van der Waals surface area contributed by atoms with Crippen LogP contribution in [0.15, 0.2) is 30.7 Å². The Morgan fingerprint density at radius 1 is 1.19 bits per heavy atom. The van der Waals surface area contributed by atoms with Gasteiger partial charge in [0.05, 0.1) is 18.6 Å². The minimum atomic E-state index is -5.45. The maximum atomic E-state index is 13.5. The summed E-state index contributed by atoms with van der Waals surface area (Å²) in [6.07, 6.45) is 9.41. The molecule has 1 fully saturated rings. The zero-order valence-electron chi connectivity index (χ0n) is 18.1. The highest BCUT2D eigenvalue weighted by Crippen LogP contribution is 2.37. The highest BCUT2D eigenvalue weighted by molar-refractivity contribution is 7.89. The zero-order chi connectivity index (χ0) is 22.9. The van der Waals surface area contributed by atoms with E-state index < -0.39 is 15.5 Å². The number of aryl methyl sites for hydroxylation is 1. The molecule has 1 aliphatic carbocycles. The van der Waals surface area contributed by atoms with Crippen molar-refractivity contribution in [2.75, 3.05) is 11.4 Å². The summed E-state index contributed by atoms with van der Waals surface area (Å²) in [5.74, 6) is 0.553. The summed E-state index contributed by atoms with van der Waals surface area (Å²) >= 11 is 0. The molecule has 176 valence electrons. The van der Waals surface area contributed by atoms with Crippen LogP contribution < -0.4 is 4.90 Å². The second kappa shape index (κ2) is 9.05. The van der Waals surface area contributed by atoms with Crippen molar-refractivity contribution in [3.63, 3.8) is 0 Å². The van der Waals surface area contributed by atoms with Crippen molar-refractivity contribution < 1.29 is 21.6 Å². The van der Waals surface area contributed by atoms with Gasteiger partial charge in [-0.2, -0.15) is 17.5 Å². The first-order chi connectivity index (χ1) is 15.1. The number of imidazole rings is 1. The number of halogens is 3. The summed E-state index contributed by atoms with van der Waals surface area (Å²) in [7, 11) is -5.45. The van der Waals surface area contributed by atoms with Crippen LogP contribution in [0, 0.1) is 12.8 Å². The van der Waals surface area contributed by atoms with Crippen LogP contribution in [-0.4, -0.2) is 40.8 Å². The third-order valence-electron chi connectivity index (χ3n) is 6.66. The minimum absolute atomic E-state index is 0.198. The van der Waals surface area contributed by atoms with Crippen molar-refractivity contribution in [1.82, 2.24) is 14.3 Å². The number of hydrogen-bond acceptors (Lipinski definition) is 4. The van der Waals surface area contributed by atoms with Crippen molar-refractivity contribution in [3.05, 3.63) is 47.5 Å². The van der Waals surface area contributed by atoms with E-state index in [0.717, 1.165) is 36.2 Å². The standard InChI is InChI=1S/C22H29F3N4O2S/c1-16-6-9-21-18(10-16)12-28(32(30,31)22(23,24)25)14-20(8-7-17-4-2-3-5-17)29(21)13-19-11-26-15-27-19/h6,9-11,15,17,20H,2-5,7-8,12-14H2,1H3,(H,26,27). The fourth-order valence-electron chi connectivity index (χ4n) is 4.98. The van der Waals surface area contributed by atoms with Gasteiger partial charge in [0.1, 0.15) is 0 Å². The molecule has 1 unspecified atom stereocenters. The normalized spacial score (nSPS) is 21.0. The van der Waals surface area contributed by atoms with Gasteiger partial charge in [-0.3, -0.25) is 0 Å². The number of hydrogen-bond donors (Lipinski definition) is 1. The lowest BCUT2D eigenvalue weighted by Gasteiger charge is -2.34. The highest BCUT2D eigenvalue weighted by Gasteiger charge is 2.51. The molecule has 32 heavy (non-hydrogen) atoms. The van der Waals surface area contributed by atoms with Crippen molar-refractivity contribution in [3.8, 4) is 0 Å². The number of anilines is 1. The summed E-state index contributed by atoms with van der Waals surface area (Å²) in [5, 5.41) is 0. The van der Waals surface area contributed by atoms with Gasteiger partial charge in [-0.15, -0.1) is 0 Å². The average molecular weight is 471 g/mol. The number of aromatic amines is 1. The van der Waals surface area contributed by atoms with Crippen molar-refractivity contribution in [2.24, 2.45) is 5.92 Å². The van der Waals surface area contributed by atoms with E-state index in [4.69, 9.17) is 0 Å². The molecule has 0 spiro atoms. The summed E-state index contributed by atoms with van der Waals surface area (Å²) in [6, 6.07) is 5.22. The topological polar surface area (TPSA) is 69.3 Å². The molecule has 2 aliphatic rings. The molecular formula is C22H29F3N4O2S. The fraction of sp³-hybridized carbons (Fsp3) is 0.591. The number of rotatable bonds is 6. The third kappa shape index (κ3) is 4.80. The lowest BCUT2D eigenvalue weighted by Crippen LogP contribution is -2.47. The number of nitrogens with zero attached hydrogens (tertiary/aromatic N) is 3. The van der Waals surface area contributed by atoms with Gasteiger partial charge in [0.2, 0.25) is 0 Å². The van der Waals surface area contributed by atoms with Gasteiger partial charge in [-0.1, -0.05) is 43.4 Å².